The molecule has 47 heavy (non-hydrogen) atoms. The van der Waals surface area contributed by atoms with Crippen LogP contribution in [0.1, 0.15) is 77.1 Å². The summed E-state index contributed by atoms with van der Waals surface area (Å²) in [4.78, 5) is 31.7. The summed E-state index contributed by atoms with van der Waals surface area (Å²) in [5.41, 5.74) is 5.58. The second kappa shape index (κ2) is 11.7. The summed E-state index contributed by atoms with van der Waals surface area (Å²) >= 11 is 6.88. The number of hydrogen-bond donors (Lipinski definition) is 0. The Balaban J connectivity index is 1.19. The fourth-order valence-electron chi connectivity index (χ4n) is 9.07. The van der Waals surface area contributed by atoms with Crippen molar-refractivity contribution < 1.29 is 13.9 Å². The van der Waals surface area contributed by atoms with Gasteiger partial charge in [-0.05, 0) is 63.2 Å². The van der Waals surface area contributed by atoms with Crippen LogP contribution in [-0.2, 0) is 38.0 Å². The van der Waals surface area contributed by atoms with E-state index in [9.17, 15) is 9.18 Å². The lowest BCUT2D eigenvalue weighted by Crippen LogP contribution is -2.51. The number of rotatable bonds is 5. The molecule has 0 N–H and O–H groups in total. The van der Waals surface area contributed by atoms with Crippen LogP contribution in [0.3, 0.4) is 0 Å². The van der Waals surface area contributed by atoms with Crippen molar-refractivity contribution in [3.05, 3.63) is 63.1 Å². The standard InChI is InChI=1S/C35H44ClFN8O2/c1-41(2)32(46)30-29(36)28-21-43(14-8-16-45(28)40-30)31-25-20-42(3)35(13-6-10-23-9-4-5-11-26(23)35)18-27(25)38-33(39-31)47-22-34-12-7-15-44(34)19-24(37)17-34/h4-5,9,11,24H,6-8,10,12-22H2,1-3H3/t24-,34+,35-/m1/s1. The van der Waals surface area contributed by atoms with Gasteiger partial charge in [-0.2, -0.15) is 15.1 Å². The Morgan fingerprint density at radius 1 is 1.11 bits per heavy atom. The van der Waals surface area contributed by atoms with Gasteiger partial charge in [-0.1, -0.05) is 35.9 Å². The number of anilines is 1. The van der Waals surface area contributed by atoms with Crippen LogP contribution in [0.2, 0.25) is 5.02 Å². The maximum atomic E-state index is 14.6. The highest BCUT2D eigenvalue weighted by Crippen LogP contribution is 2.47. The van der Waals surface area contributed by atoms with Crippen molar-refractivity contribution in [3.8, 4) is 6.01 Å². The third-order valence-electron chi connectivity index (χ3n) is 11.5. The molecular weight excluding hydrogens is 619 g/mol. The molecule has 1 aliphatic carbocycles. The summed E-state index contributed by atoms with van der Waals surface area (Å²) in [6.45, 7) is 4.35. The van der Waals surface area contributed by atoms with Gasteiger partial charge >= 0.3 is 6.01 Å². The Morgan fingerprint density at radius 3 is 2.81 bits per heavy atom. The van der Waals surface area contributed by atoms with Gasteiger partial charge in [0, 0.05) is 58.7 Å². The molecular formula is C35H44ClFN8O2. The van der Waals surface area contributed by atoms with Crippen molar-refractivity contribution in [2.45, 2.75) is 88.3 Å². The number of hydrogen-bond acceptors (Lipinski definition) is 8. The van der Waals surface area contributed by atoms with E-state index in [-0.39, 0.29) is 22.7 Å². The lowest BCUT2D eigenvalue weighted by molar-refractivity contribution is 0.0714. The van der Waals surface area contributed by atoms with E-state index >= 15 is 0 Å². The molecule has 3 aromatic rings. The predicted octanol–water partition coefficient (Wildman–Crippen LogP) is 4.61. The molecule has 1 amide bonds. The lowest BCUT2D eigenvalue weighted by atomic mass is 9.71. The molecule has 2 aromatic heterocycles. The molecule has 5 aliphatic rings. The minimum Gasteiger partial charge on any atom is -0.461 e. The zero-order valence-electron chi connectivity index (χ0n) is 27.6. The molecule has 6 heterocycles. The van der Waals surface area contributed by atoms with Crippen LogP contribution >= 0.6 is 11.6 Å². The van der Waals surface area contributed by atoms with Crippen LogP contribution in [0.4, 0.5) is 10.2 Å². The molecule has 0 saturated carbocycles. The first kappa shape index (κ1) is 31.0. The molecule has 0 bridgehead atoms. The van der Waals surface area contributed by atoms with Crippen molar-refractivity contribution in [3.63, 3.8) is 0 Å². The fraction of sp³-hybridized carbons (Fsp3) is 0.600. The van der Waals surface area contributed by atoms with Crippen LogP contribution in [-0.4, -0.2) is 99.5 Å². The highest BCUT2D eigenvalue weighted by Gasteiger charge is 2.50. The normalized spacial score (nSPS) is 27.3. The Kier molecular flexibility index (Phi) is 7.72. The van der Waals surface area contributed by atoms with Crippen LogP contribution in [0.25, 0.3) is 0 Å². The molecule has 2 fully saturated rings. The summed E-state index contributed by atoms with van der Waals surface area (Å²) in [6, 6.07) is 9.22. The summed E-state index contributed by atoms with van der Waals surface area (Å²) in [5.74, 6) is 0.636. The van der Waals surface area contributed by atoms with Crippen molar-refractivity contribution in [1.29, 1.82) is 0 Å². The topological polar surface area (TPSA) is 82.9 Å². The van der Waals surface area contributed by atoms with Crippen LogP contribution in [0.15, 0.2) is 24.3 Å². The van der Waals surface area contributed by atoms with E-state index in [1.54, 1.807) is 14.1 Å². The Bertz CT molecular complexity index is 1710. The third kappa shape index (κ3) is 5.11. The molecule has 0 unspecified atom stereocenters. The minimum absolute atomic E-state index is 0.152. The number of carbonyl (C=O) groups is 1. The van der Waals surface area contributed by atoms with Gasteiger partial charge in [0.1, 0.15) is 18.6 Å². The van der Waals surface area contributed by atoms with E-state index in [0.29, 0.717) is 50.2 Å². The number of halogens is 2. The molecule has 4 aliphatic heterocycles. The molecule has 12 heteroatoms. The van der Waals surface area contributed by atoms with Gasteiger partial charge in [-0.3, -0.25) is 19.3 Å². The monoisotopic (exact) mass is 662 g/mol. The van der Waals surface area contributed by atoms with E-state index in [2.05, 4.69) is 51.1 Å². The molecule has 1 spiro atoms. The van der Waals surface area contributed by atoms with E-state index in [4.69, 9.17) is 26.3 Å². The largest absolute Gasteiger partial charge is 0.461 e. The molecule has 8 rings (SSSR count). The second-order valence-electron chi connectivity index (χ2n) is 14.5. The predicted molar refractivity (Wildman–Crippen MR) is 178 cm³/mol. The molecule has 0 radical (unpaired) electrons. The number of ether oxygens (including phenoxy) is 1. The summed E-state index contributed by atoms with van der Waals surface area (Å²) in [7, 11) is 5.65. The fourth-order valence-corrected chi connectivity index (χ4v) is 9.34. The molecule has 1 aromatic carbocycles. The Labute approximate surface area is 280 Å². The minimum atomic E-state index is -0.823. The average Bonchev–Trinajstić information content (AvgIpc) is 3.62. The molecule has 10 nitrogen and oxygen atoms in total. The number of likely N-dealkylation sites (N-methyl/N-ethyl adjacent to an activating group) is 1. The van der Waals surface area contributed by atoms with Gasteiger partial charge in [0.15, 0.2) is 5.69 Å². The van der Waals surface area contributed by atoms with Crippen molar-refractivity contribution >= 4 is 23.3 Å². The average molecular weight is 663 g/mol. The SMILES string of the molecule is CN(C)C(=O)c1nn2c(c1Cl)CN(c1nc(OC[C@@]34CCCN3C[C@H](F)C4)nc3c1CN(C)[C@]1(CCCc4ccccc41)C3)CCC2. The van der Waals surface area contributed by atoms with Gasteiger partial charge in [-0.15, -0.1) is 0 Å². The van der Waals surface area contributed by atoms with Crippen LogP contribution in [0, 0.1) is 0 Å². The number of aryl methyl sites for hydroxylation is 2. The maximum Gasteiger partial charge on any atom is 0.318 e. The third-order valence-corrected chi connectivity index (χ3v) is 11.9. The van der Waals surface area contributed by atoms with Gasteiger partial charge in [0.25, 0.3) is 5.91 Å². The molecule has 2 saturated heterocycles. The first-order valence-electron chi connectivity index (χ1n) is 17.1. The zero-order valence-corrected chi connectivity index (χ0v) is 28.4. The smallest absolute Gasteiger partial charge is 0.318 e. The quantitative estimate of drug-likeness (QED) is 0.392. The number of nitrogens with zero attached hydrogens (tertiary/aromatic N) is 8. The molecule has 3 atom stereocenters. The maximum absolute atomic E-state index is 14.6. The number of benzene rings is 1. The highest BCUT2D eigenvalue weighted by atomic mass is 35.5. The van der Waals surface area contributed by atoms with Gasteiger partial charge in [0.2, 0.25) is 0 Å². The van der Waals surface area contributed by atoms with Gasteiger partial charge in [-0.25, -0.2) is 4.39 Å². The number of alkyl halides is 1. The summed E-state index contributed by atoms with van der Waals surface area (Å²) in [6.07, 6.45) is 6.53. The Hall–Kier alpha value is -3.28. The number of aromatic nitrogens is 4. The van der Waals surface area contributed by atoms with Crippen LogP contribution < -0.4 is 9.64 Å². The molecule has 250 valence electrons. The summed E-state index contributed by atoms with van der Waals surface area (Å²) in [5, 5.41) is 5.03. The first-order chi connectivity index (χ1) is 22.7. The zero-order chi connectivity index (χ0) is 32.5. The lowest BCUT2D eigenvalue weighted by Gasteiger charge is -2.49. The Morgan fingerprint density at radius 2 is 1.96 bits per heavy atom. The first-order valence-corrected chi connectivity index (χ1v) is 17.5. The van der Waals surface area contributed by atoms with Crippen molar-refractivity contribution in [2.24, 2.45) is 0 Å². The number of amides is 1. The highest BCUT2D eigenvalue weighted by molar-refractivity contribution is 6.34. The number of carbonyl (C=O) groups excluding carboxylic acids is 1. The second-order valence-corrected chi connectivity index (χ2v) is 14.9. The van der Waals surface area contributed by atoms with Gasteiger partial charge < -0.3 is 14.5 Å². The number of fused-ring (bicyclic) bond motifs is 5. The van der Waals surface area contributed by atoms with E-state index in [1.165, 1.54) is 16.0 Å². The van der Waals surface area contributed by atoms with Crippen molar-refractivity contribution in [1.82, 2.24) is 34.4 Å². The van der Waals surface area contributed by atoms with E-state index in [0.717, 1.165) is 80.8 Å². The van der Waals surface area contributed by atoms with E-state index < -0.39 is 6.17 Å². The van der Waals surface area contributed by atoms with Gasteiger partial charge in [0.05, 0.1) is 34.0 Å². The van der Waals surface area contributed by atoms with E-state index in [1.807, 2.05) is 4.68 Å². The summed E-state index contributed by atoms with van der Waals surface area (Å²) < 4.78 is 23.0. The van der Waals surface area contributed by atoms with Crippen molar-refractivity contribution in [2.75, 3.05) is 52.3 Å². The van der Waals surface area contributed by atoms with Crippen LogP contribution in [0.5, 0.6) is 6.01 Å².